The van der Waals surface area contributed by atoms with Gasteiger partial charge in [0.05, 0.1) is 11.7 Å². The zero-order valence-corrected chi connectivity index (χ0v) is 16.1. The van der Waals surface area contributed by atoms with Crippen molar-refractivity contribution in [1.29, 1.82) is 0 Å². The summed E-state index contributed by atoms with van der Waals surface area (Å²) in [7, 11) is 0. The van der Waals surface area contributed by atoms with E-state index < -0.39 is 11.7 Å². The van der Waals surface area contributed by atoms with Gasteiger partial charge in [0.15, 0.2) is 5.82 Å². The molecule has 4 unspecified atom stereocenters. The maximum absolute atomic E-state index is 13.2. The van der Waals surface area contributed by atoms with Crippen LogP contribution in [0, 0.1) is 5.92 Å². The fourth-order valence-corrected chi connectivity index (χ4v) is 6.41. The first-order valence-electron chi connectivity index (χ1n) is 9.07. The van der Waals surface area contributed by atoms with Crippen molar-refractivity contribution in [2.24, 2.45) is 5.92 Å². The van der Waals surface area contributed by atoms with Crippen LogP contribution in [0.4, 0.5) is 0 Å². The Hall–Kier alpha value is -1.68. The van der Waals surface area contributed by atoms with E-state index in [4.69, 9.17) is 0 Å². The summed E-state index contributed by atoms with van der Waals surface area (Å²) in [6, 6.07) is -0.802. The Morgan fingerprint density at radius 2 is 1.88 bits per heavy atom. The molecule has 1 saturated carbocycles. The van der Waals surface area contributed by atoms with Gasteiger partial charge in [-0.3, -0.25) is 14.9 Å². The van der Waals surface area contributed by atoms with Gasteiger partial charge in [0.25, 0.3) is 0 Å². The number of aromatic nitrogens is 4. The van der Waals surface area contributed by atoms with Gasteiger partial charge in [-0.15, -0.1) is 16.9 Å². The SMILES string of the molecule is CC1(C)SC2C(N3C(=O)C(C4CC4)NC3(C)C)C(=O)N2C1c1nnn[nH]1. The number of tetrazole rings is 1. The lowest BCUT2D eigenvalue weighted by atomic mass is 9.93. The van der Waals surface area contributed by atoms with Crippen molar-refractivity contribution in [3.05, 3.63) is 5.82 Å². The molecule has 4 heterocycles. The van der Waals surface area contributed by atoms with Crippen molar-refractivity contribution in [3.63, 3.8) is 0 Å². The number of hydrogen-bond donors (Lipinski definition) is 2. The van der Waals surface area contributed by atoms with E-state index in [1.807, 2.05) is 18.7 Å². The van der Waals surface area contributed by atoms with Crippen molar-refractivity contribution in [3.8, 4) is 0 Å². The molecule has 1 aromatic rings. The van der Waals surface area contributed by atoms with Crippen LogP contribution in [0.15, 0.2) is 0 Å². The van der Waals surface area contributed by atoms with Gasteiger partial charge in [0.2, 0.25) is 11.8 Å². The molecule has 2 N–H and O–H groups in total. The highest BCUT2D eigenvalue weighted by atomic mass is 32.2. The number of rotatable bonds is 3. The number of aromatic amines is 1. The second kappa shape index (κ2) is 4.98. The minimum absolute atomic E-state index is 0.0193. The number of nitrogens with zero attached hydrogens (tertiary/aromatic N) is 5. The monoisotopic (exact) mass is 377 g/mol. The average Bonchev–Trinajstić information content (AvgIpc) is 3.12. The molecule has 0 bridgehead atoms. The molecule has 0 aromatic carbocycles. The largest absolute Gasteiger partial charge is 0.314 e. The third-order valence-electron chi connectivity index (χ3n) is 6.02. The highest BCUT2D eigenvalue weighted by Gasteiger charge is 2.68. The molecular formula is C16H23N7O2S. The van der Waals surface area contributed by atoms with E-state index in [1.165, 1.54) is 0 Å². The summed E-state index contributed by atoms with van der Waals surface area (Å²) in [5, 5.41) is 17.6. The van der Waals surface area contributed by atoms with Crippen molar-refractivity contribution in [2.45, 2.75) is 74.4 Å². The summed E-state index contributed by atoms with van der Waals surface area (Å²) in [5.41, 5.74) is -0.520. The number of H-pyrrole nitrogens is 1. The molecule has 9 nitrogen and oxygen atoms in total. The van der Waals surface area contributed by atoms with E-state index in [0.29, 0.717) is 11.7 Å². The minimum Gasteiger partial charge on any atom is -0.314 e. The third-order valence-corrected chi connectivity index (χ3v) is 7.58. The van der Waals surface area contributed by atoms with Crippen LogP contribution in [-0.2, 0) is 9.59 Å². The number of amides is 2. The van der Waals surface area contributed by atoms with Crippen molar-refractivity contribution >= 4 is 23.6 Å². The highest BCUT2D eigenvalue weighted by Crippen LogP contribution is 2.58. The molecule has 2 amide bonds. The number of β-lactam (4-membered cyclic amide) rings is 1. The van der Waals surface area contributed by atoms with Crippen LogP contribution < -0.4 is 5.32 Å². The topological polar surface area (TPSA) is 107 Å². The molecule has 5 rings (SSSR count). The summed E-state index contributed by atoms with van der Waals surface area (Å²) in [6.45, 7) is 8.17. The van der Waals surface area contributed by atoms with Crippen LogP contribution >= 0.6 is 11.8 Å². The van der Waals surface area contributed by atoms with Gasteiger partial charge in [-0.05, 0) is 56.9 Å². The van der Waals surface area contributed by atoms with E-state index in [9.17, 15) is 9.59 Å². The Bertz CT molecular complexity index is 776. The van der Waals surface area contributed by atoms with E-state index in [2.05, 4.69) is 39.8 Å². The van der Waals surface area contributed by atoms with Crippen LogP contribution in [0.1, 0.15) is 52.4 Å². The Labute approximate surface area is 155 Å². The molecule has 4 fully saturated rings. The first-order chi connectivity index (χ1) is 12.2. The molecule has 0 spiro atoms. The third kappa shape index (κ3) is 2.05. The van der Waals surface area contributed by atoms with Gasteiger partial charge in [-0.1, -0.05) is 0 Å². The molecule has 10 heteroatoms. The smallest absolute Gasteiger partial charge is 0.250 e. The summed E-state index contributed by atoms with van der Waals surface area (Å²) < 4.78 is -0.244. The second-order valence-electron chi connectivity index (χ2n) is 8.72. The normalized spacial score (nSPS) is 37.8. The van der Waals surface area contributed by atoms with Crippen molar-refractivity contribution in [2.75, 3.05) is 0 Å². The Balaban J connectivity index is 1.46. The van der Waals surface area contributed by atoms with Crippen LogP contribution in [0.25, 0.3) is 0 Å². The molecule has 26 heavy (non-hydrogen) atoms. The van der Waals surface area contributed by atoms with Crippen molar-refractivity contribution in [1.82, 2.24) is 35.7 Å². The number of thioether (sulfide) groups is 1. The Morgan fingerprint density at radius 3 is 2.50 bits per heavy atom. The summed E-state index contributed by atoms with van der Waals surface area (Å²) in [4.78, 5) is 29.9. The number of carbonyl (C=O) groups excluding carboxylic acids is 2. The van der Waals surface area contributed by atoms with E-state index >= 15 is 0 Å². The average molecular weight is 377 g/mol. The maximum Gasteiger partial charge on any atom is 0.250 e. The lowest BCUT2D eigenvalue weighted by Gasteiger charge is -2.50. The van der Waals surface area contributed by atoms with Crippen LogP contribution in [0.5, 0.6) is 0 Å². The van der Waals surface area contributed by atoms with Gasteiger partial charge in [0.1, 0.15) is 17.5 Å². The zero-order chi connectivity index (χ0) is 18.4. The van der Waals surface area contributed by atoms with Gasteiger partial charge < -0.3 is 9.80 Å². The van der Waals surface area contributed by atoms with Crippen molar-refractivity contribution < 1.29 is 9.59 Å². The van der Waals surface area contributed by atoms with Gasteiger partial charge in [-0.2, -0.15) is 0 Å². The molecule has 1 aliphatic carbocycles. The first kappa shape index (κ1) is 16.5. The molecule has 4 aliphatic rings. The maximum atomic E-state index is 13.2. The van der Waals surface area contributed by atoms with Crippen LogP contribution in [-0.4, -0.2) is 70.1 Å². The fraction of sp³-hybridized carbons (Fsp3) is 0.812. The second-order valence-corrected chi connectivity index (χ2v) is 10.5. The lowest BCUT2D eigenvalue weighted by Crippen LogP contribution is -2.71. The quantitative estimate of drug-likeness (QED) is 0.727. The number of hydrogen-bond acceptors (Lipinski definition) is 7. The van der Waals surface area contributed by atoms with Crippen LogP contribution in [0.2, 0.25) is 0 Å². The van der Waals surface area contributed by atoms with Gasteiger partial charge >= 0.3 is 0 Å². The summed E-state index contributed by atoms with van der Waals surface area (Å²) >= 11 is 1.72. The Morgan fingerprint density at radius 1 is 1.15 bits per heavy atom. The molecule has 3 aliphatic heterocycles. The number of carbonyl (C=O) groups is 2. The molecule has 140 valence electrons. The van der Waals surface area contributed by atoms with E-state index in [-0.39, 0.29) is 34.0 Å². The Kier molecular flexibility index (Phi) is 3.16. The molecule has 3 saturated heterocycles. The van der Waals surface area contributed by atoms with Crippen LogP contribution in [0.3, 0.4) is 0 Å². The highest BCUT2D eigenvalue weighted by molar-refractivity contribution is 8.01. The standard InChI is InChI=1S/C16H23N7O2S/c1-15(2)10(11-18-20-21-19-11)22-13(25)9(14(22)26-15)23-12(24)8(7-5-6-7)17-16(23,3)4/h7-10,14,17H,5-6H2,1-4H3,(H,18,19,20,21). The van der Waals surface area contributed by atoms with E-state index in [0.717, 1.165) is 12.8 Å². The number of nitrogens with one attached hydrogen (secondary N) is 2. The molecule has 1 aromatic heterocycles. The number of fused-ring (bicyclic) bond motifs is 1. The molecule has 4 atom stereocenters. The molecule has 0 radical (unpaired) electrons. The van der Waals surface area contributed by atoms with E-state index in [1.54, 1.807) is 16.7 Å². The van der Waals surface area contributed by atoms with Gasteiger partial charge in [0, 0.05) is 4.75 Å². The van der Waals surface area contributed by atoms with Gasteiger partial charge in [-0.25, -0.2) is 5.10 Å². The summed E-state index contributed by atoms with van der Waals surface area (Å²) in [6.07, 6.45) is 2.17. The molecular weight excluding hydrogens is 354 g/mol. The zero-order valence-electron chi connectivity index (χ0n) is 15.3. The first-order valence-corrected chi connectivity index (χ1v) is 9.95. The minimum atomic E-state index is -0.520. The summed E-state index contributed by atoms with van der Waals surface area (Å²) in [5.74, 6) is 1.06. The lowest BCUT2D eigenvalue weighted by molar-refractivity contribution is -0.165. The predicted molar refractivity (Wildman–Crippen MR) is 93.6 cm³/mol. The fourth-order valence-electron chi connectivity index (χ4n) is 4.73. The predicted octanol–water partition coefficient (Wildman–Crippen LogP) is 0.250.